The van der Waals surface area contributed by atoms with Crippen LogP contribution in [0.2, 0.25) is 0 Å². The average molecular weight is 217 g/mol. The van der Waals surface area contributed by atoms with Crippen molar-refractivity contribution in [3.05, 3.63) is 0 Å². The molecule has 0 bridgehead atoms. The van der Waals surface area contributed by atoms with Gasteiger partial charge in [0.1, 0.15) is 0 Å². The van der Waals surface area contributed by atoms with E-state index in [-0.39, 0.29) is 0 Å². The van der Waals surface area contributed by atoms with Crippen LogP contribution in [0.25, 0.3) is 0 Å². The number of ether oxygens (including phenoxy) is 1. The second-order valence-electron chi connectivity index (χ2n) is 4.11. The summed E-state index contributed by atoms with van der Waals surface area (Å²) in [7, 11) is 0. The summed E-state index contributed by atoms with van der Waals surface area (Å²) in [6.45, 7) is 7.65. The first-order valence-corrected chi connectivity index (χ1v) is 6.84. The van der Waals surface area contributed by atoms with Crippen LogP contribution in [0.5, 0.6) is 0 Å². The van der Waals surface area contributed by atoms with Crippen LogP contribution in [0.15, 0.2) is 0 Å². The Morgan fingerprint density at radius 3 is 2.86 bits per heavy atom. The highest BCUT2D eigenvalue weighted by Gasteiger charge is 2.21. The van der Waals surface area contributed by atoms with Gasteiger partial charge in [0.15, 0.2) is 0 Å². The van der Waals surface area contributed by atoms with Crippen molar-refractivity contribution in [2.75, 3.05) is 18.1 Å². The summed E-state index contributed by atoms with van der Waals surface area (Å²) in [6, 6.07) is 0.611. The van der Waals surface area contributed by atoms with Gasteiger partial charge in [-0.3, -0.25) is 0 Å². The fourth-order valence-electron chi connectivity index (χ4n) is 1.72. The number of thioether (sulfide) groups is 1. The fraction of sp³-hybridized carbons (Fsp3) is 1.00. The van der Waals surface area contributed by atoms with Gasteiger partial charge in [0, 0.05) is 18.3 Å². The Kier molecular flexibility index (Phi) is 5.90. The highest BCUT2D eigenvalue weighted by molar-refractivity contribution is 7.99. The van der Waals surface area contributed by atoms with E-state index in [9.17, 15) is 0 Å². The fourth-order valence-corrected chi connectivity index (χ4v) is 2.43. The highest BCUT2D eigenvalue weighted by Crippen LogP contribution is 2.18. The van der Waals surface area contributed by atoms with Crippen LogP contribution in [0.3, 0.4) is 0 Å². The Morgan fingerprint density at radius 1 is 1.50 bits per heavy atom. The van der Waals surface area contributed by atoms with E-state index >= 15 is 0 Å². The molecule has 1 fully saturated rings. The maximum atomic E-state index is 5.75. The van der Waals surface area contributed by atoms with E-state index < -0.39 is 0 Å². The maximum Gasteiger partial charge on any atom is 0.0704 e. The molecule has 1 aliphatic heterocycles. The lowest BCUT2D eigenvalue weighted by atomic mass is 10.2. The Balaban J connectivity index is 2.02. The van der Waals surface area contributed by atoms with Crippen molar-refractivity contribution in [2.45, 2.75) is 51.9 Å². The smallest absolute Gasteiger partial charge is 0.0704 e. The van der Waals surface area contributed by atoms with Crippen molar-refractivity contribution in [2.24, 2.45) is 0 Å². The summed E-state index contributed by atoms with van der Waals surface area (Å²) >= 11 is 2.00. The van der Waals surface area contributed by atoms with Crippen molar-refractivity contribution in [3.63, 3.8) is 0 Å². The second kappa shape index (κ2) is 6.70. The summed E-state index contributed by atoms with van der Waals surface area (Å²) < 4.78 is 5.75. The predicted octanol–water partition coefficient (Wildman–Crippen LogP) is 2.29. The molecule has 0 saturated carbocycles. The second-order valence-corrected chi connectivity index (χ2v) is 5.43. The van der Waals surface area contributed by atoms with E-state index in [0.717, 1.165) is 6.54 Å². The standard InChI is InChI=1S/C11H23NOS/c1-4-14-8-9(2)12-7-11-6-5-10(3)13-11/h9-12H,4-8H2,1-3H3. The molecular formula is C11H23NOS. The molecule has 0 aromatic heterocycles. The maximum absolute atomic E-state index is 5.75. The summed E-state index contributed by atoms with van der Waals surface area (Å²) in [5.41, 5.74) is 0. The topological polar surface area (TPSA) is 21.3 Å². The van der Waals surface area contributed by atoms with Gasteiger partial charge < -0.3 is 10.1 Å². The number of rotatable bonds is 6. The average Bonchev–Trinajstić information content (AvgIpc) is 2.58. The minimum absolute atomic E-state index is 0.457. The first kappa shape index (κ1) is 12.3. The van der Waals surface area contributed by atoms with Crippen LogP contribution in [-0.4, -0.2) is 36.3 Å². The van der Waals surface area contributed by atoms with Crippen LogP contribution in [-0.2, 0) is 4.74 Å². The first-order chi connectivity index (χ1) is 6.72. The minimum atomic E-state index is 0.457. The summed E-state index contributed by atoms with van der Waals surface area (Å²) in [4.78, 5) is 0. The molecule has 0 aromatic rings. The molecule has 3 heteroatoms. The first-order valence-electron chi connectivity index (χ1n) is 5.69. The Morgan fingerprint density at radius 2 is 2.29 bits per heavy atom. The molecule has 1 N–H and O–H groups in total. The van der Waals surface area contributed by atoms with E-state index in [1.165, 1.54) is 24.3 Å². The van der Waals surface area contributed by atoms with Gasteiger partial charge in [0.25, 0.3) is 0 Å². The molecule has 0 amide bonds. The molecule has 0 aliphatic carbocycles. The van der Waals surface area contributed by atoms with Crippen molar-refractivity contribution in [1.82, 2.24) is 5.32 Å². The van der Waals surface area contributed by atoms with Gasteiger partial charge in [-0.05, 0) is 32.4 Å². The third-order valence-electron chi connectivity index (χ3n) is 2.59. The van der Waals surface area contributed by atoms with Gasteiger partial charge in [-0.1, -0.05) is 6.92 Å². The summed E-state index contributed by atoms with van der Waals surface area (Å²) in [5.74, 6) is 2.42. The van der Waals surface area contributed by atoms with E-state index in [4.69, 9.17) is 4.74 Å². The zero-order valence-corrected chi connectivity index (χ0v) is 10.4. The zero-order chi connectivity index (χ0) is 10.4. The molecule has 3 unspecified atom stereocenters. The van der Waals surface area contributed by atoms with Gasteiger partial charge in [0.05, 0.1) is 12.2 Å². The SMILES string of the molecule is CCSCC(C)NCC1CCC(C)O1. The van der Waals surface area contributed by atoms with Crippen LogP contribution >= 0.6 is 11.8 Å². The molecule has 0 aromatic carbocycles. The lowest BCUT2D eigenvalue weighted by Gasteiger charge is -2.17. The van der Waals surface area contributed by atoms with Crippen molar-refractivity contribution in [3.8, 4) is 0 Å². The molecule has 14 heavy (non-hydrogen) atoms. The Bertz CT molecular complexity index is 154. The monoisotopic (exact) mass is 217 g/mol. The summed E-state index contributed by atoms with van der Waals surface area (Å²) in [6.07, 6.45) is 3.38. The molecule has 1 aliphatic rings. The predicted molar refractivity (Wildman–Crippen MR) is 64.0 cm³/mol. The van der Waals surface area contributed by atoms with Gasteiger partial charge in [0.2, 0.25) is 0 Å². The van der Waals surface area contributed by atoms with Crippen molar-refractivity contribution >= 4 is 11.8 Å². The van der Waals surface area contributed by atoms with E-state index in [2.05, 4.69) is 26.1 Å². The normalized spacial score (nSPS) is 29.4. The molecule has 3 atom stereocenters. The third-order valence-corrected chi connectivity index (χ3v) is 3.73. The lowest BCUT2D eigenvalue weighted by molar-refractivity contribution is 0.0550. The molecule has 2 nitrogen and oxygen atoms in total. The van der Waals surface area contributed by atoms with E-state index in [1.54, 1.807) is 0 Å². The lowest BCUT2D eigenvalue weighted by Crippen LogP contribution is -2.35. The molecule has 1 saturated heterocycles. The Hall–Kier alpha value is 0.270. The van der Waals surface area contributed by atoms with Crippen LogP contribution < -0.4 is 5.32 Å². The molecule has 84 valence electrons. The number of nitrogens with one attached hydrogen (secondary N) is 1. The number of hydrogen-bond acceptors (Lipinski definition) is 3. The Labute approximate surface area is 92.2 Å². The molecule has 1 heterocycles. The van der Waals surface area contributed by atoms with Crippen LogP contribution in [0, 0.1) is 0 Å². The van der Waals surface area contributed by atoms with Crippen LogP contribution in [0.1, 0.15) is 33.6 Å². The molecule has 1 rings (SSSR count). The minimum Gasteiger partial charge on any atom is -0.374 e. The largest absolute Gasteiger partial charge is 0.374 e. The van der Waals surface area contributed by atoms with E-state index in [1.807, 2.05) is 11.8 Å². The third kappa shape index (κ3) is 4.67. The van der Waals surface area contributed by atoms with Gasteiger partial charge >= 0.3 is 0 Å². The highest BCUT2D eigenvalue weighted by atomic mass is 32.2. The van der Waals surface area contributed by atoms with Crippen molar-refractivity contribution in [1.29, 1.82) is 0 Å². The van der Waals surface area contributed by atoms with Gasteiger partial charge in [-0.15, -0.1) is 0 Å². The molecule has 0 radical (unpaired) electrons. The van der Waals surface area contributed by atoms with E-state index in [0.29, 0.717) is 18.2 Å². The van der Waals surface area contributed by atoms with Gasteiger partial charge in [-0.2, -0.15) is 11.8 Å². The summed E-state index contributed by atoms with van der Waals surface area (Å²) in [5, 5.41) is 3.53. The van der Waals surface area contributed by atoms with Crippen LogP contribution in [0.4, 0.5) is 0 Å². The van der Waals surface area contributed by atoms with Crippen molar-refractivity contribution < 1.29 is 4.74 Å². The zero-order valence-electron chi connectivity index (χ0n) is 9.58. The quantitative estimate of drug-likeness (QED) is 0.737. The molecule has 0 spiro atoms. The van der Waals surface area contributed by atoms with Gasteiger partial charge in [-0.25, -0.2) is 0 Å². The number of hydrogen-bond donors (Lipinski definition) is 1. The molecular weight excluding hydrogens is 194 g/mol.